The maximum Gasteiger partial charge on any atom is 0.209 e. The van der Waals surface area contributed by atoms with Gasteiger partial charge in [-0.15, -0.1) is 0 Å². The van der Waals surface area contributed by atoms with Gasteiger partial charge in [-0.1, -0.05) is 53.9 Å². The predicted octanol–water partition coefficient (Wildman–Crippen LogP) is 3.93. The molecular formula is C14H34N2Si. The standard InChI is InChI=1S/C14H34N2Si/c1-8-12-13-17(15(6)7,14(5)9-2)16(10-3)11-4/h14H,8-13H2,1-7H3. The van der Waals surface area contributed by atoms with E-state index in [9.17, 15) is 0 Å². The third-order valence-corrected chi connectivity index (χ3v) is 10.7. The van der Waals surface area contributed by atoms with Crippen LogP contribution in [0.1, 0.15) is 53.9 Å². The van der Waals surface area contributed by atoms with Crippen molar-refractivity contribution in [2.45, 2.75) is 65.5 Å². The van der Waals surface area contributed by atoms with Crippen molar-refractivity contribution in [3.63, 3.8) is 0 Å². The molecular weight excluding hydrogens is 224 g/mol. The molecule has 2 unspecified atom stereocenters. The van der Waals surface area contributed by atoms with Crippen molar-refractivity contribution in [1.29, 1.82) is 0 Å². The summed E-state index contributed by atoms with van der Waals surface area (Å²) in [5, 5.41) is 0. The second-order valence-electron chi connectivity index (χ2n) is 5.36. The van der Waals surface area contributed by atoms with Crippen molar-refractivity contribution >= 4 is 8.40 Å². The van der Waals surface area contributed by atoms with Gasteiger partial charge in [0.1, 0.15) is 0 Å². The summed E-state index contributed by atoms with van der Waals surface area (Å²) < 4.78 is 5.39. The molecule has 0 radical (unpaired) electrons. The number of unbranched alkanes of at least 4 members (excludes halogenated alkanes) is 1. The molecule has 0 bridgehead atoms. The number of hydrogen-bond donors (Lipinski definition) is 0. The molecule has 0 saturated heterocycles. The van der Waals surface area contributed by atoms with Crippen LogP contribution in [0.2, 0.25) is 11.6 Å². The topological polar surface area (TPSA) is 6.48 Å². The van der Waals surface area contributed by atoms with Crippen LogP contribution in [0.25, 0.3) is 0 Å². The van der Waals surface area contributed by atoms with Crippen LogP contribution in [-0.2, 0) is 0 Å². The number of hydrogen-bond acceptors (Lipinski definition) is 2. The van der Waals surface area contributed by atoms with Gasteiger partial charge in [-0.3, -0.25) is 0 Å². The Kier molecular flexibility index (Phi) is 8.34. The molecule has 0 saturated carbocycles. The molecule has 2 nitrogen and oxygen atoms in total. The van der Waals surface area contributed by atoms with Crippen LogP contribution in [0.5, 0.6) is 0 Å². The van der Waals surface area contributed by atoms with Crippen LogP contribution in [-0.4, -0.2) is 44.7 Å². The molecule has 0 aliphatic carbocycles. The number of rotatable bonds is 9. The minimum absolute atomic E-state index is 0.851. The highest BCUT2D eigenvalue weighted by Crippen LogP contribution is 2.34. The van der Waals surface area contributed by atoms with Crippen molar-refractivity contribution in [2.24, 2.45) is 0 Å². The monoisotopic (exact) mass is 258 g/mol. The maximum atomic E-state index is 2.79. The van der Waals surface area contributed by atoms with E-state index in [-0.39, 0.29) is 0 Å². The van der Waals surface area contributed by atoms with Gasteiger partial charge in [0.15, 0.2) is 0 Å². The molecule has 0 rings (SSSR count). The molecule has 0 spiro atoms. The molecule has 0 aliphatic heterocycles. The van der Waals surface area contributed by atoms with E-state index in [4.69, 9.17) is 0 Å². The highest BCUT2D eigenvalue weighted by Gasteiger charge is 2.44. The summed E-state index contributed by atoms with van der Waals surface area (Å²) >= 11 is 0. The Morgan fingerprint density at radius 1 is 1.00 bits per heavy atom. The Balaban J connectivity index is 5.21. The van der Waals surface area contributed by atoms with E-state index in [1.807, 2.05) is 0 Å². The van der Waals surface area contributed by atoms with Crippen molar-refractivity contribution in [3.8, 4) is 0 Å². The summed E-state index contributed by atoms with van der Waals surface area (Å²) in [4.78, 5) is 0. The molecule has 104 valence electrons. The minimum atomic E-state index is -1.46. The molecule has 0 aromatic rings. The smallest absolute Gasteiger partial charge is 0.209 e. The van der Waals surface area contributed by atoms with Gasteiger partial charge in [-0.25, -0.2) is 0 Å². The third-order valence-electron chi connectivity index (χ3n) is 4.39. The Hall–Kier alpha value is 0.137. The van der Waals surface area contributed by atoms with E-state index < -0.39 is 8.40 Å². The molecule has 0 aromatic carbocycles. The normalized spacial score (nSPS) is 17.5. The lowest BCUT2D eigenvalue weighted by molar-refractivity contribution is 0.374. The van der Waals surface area contributed by atoms with Crippen molar-refractivity contribution in [2.75, 3.05) is 27.2 Å². The van der Waals surface area contributed by atoms with Gasteiger partial charge in [-0.2, -0.15) is 0 Å². The van der Waals surface area contributed by atoms with E-state index in [1.165, 1.54) is 38.4 Å². The van der Waals surface area contributed by atoms with Crippen molar-refractivity contribution < 1.29 is 0 Å². The van der Waals surface area contributed by atoms with Crippen molar-refractivity contribution in [1.82, 2.24) is 9.13 Å². The van der Waals surface area contributed by atoms with Crippen LogP contribution < -0.4 is 0 Å². The van der Waals surface area contributed by atoms with Crippen LogP contribution in [0.3, 0.4) is 0 Å². The van der Waals surface area contributed by atoms with Crippen LogP contribution in [0, 0.1) is 0 Å². The minimum Gasteiger partial charge on any atom is -0.317 e. The first-order valence-electron chi connectivity index (χ1n) is 7.43. The fraction of sp³-hybridized carbons (Fsp3) is 1.00. The van der Waals surface area contributed by atoms with E-state index in [0.29, 0.717) is 0 Å². The Morgan fingerprint density at radius 3 is 1.82 bits per heavy atom. The first kappa shape index (κ1) is 17.1. The van der Waals surface area contributed by atoms with E-state index in [0.717, 1.165) is 5.54 Å². The van der Waals surface area contributed by atoms with Gasteiger partial charge in [0.05, 0.1) is 0 Å². The van der Waals surface area contributed by atoms with Gasteiger partial charge < -0.3 is 9.13 Å². The quantitative estimate of drug-likeness (QED) is 0.578. The summed E-state index contributed by atoms with van der Waals surface area (Å²) in [7, 11) is 3.16. The zero-order valence-corrected chi connectivity index (χ0v) is 14.2. The average Bonchev–Trinajstić information content (AvgIpc) is 2.33. The third kappa shape index (κ3) is 3.80. The summed E-state index contributed by atoms with van der Waals surface area (Å²) in [5.74, 6) is 0. The Bertz CT molecular complexity index is 193. The molecule has 0 amide bonds. The van der Waals surface area contributed by atoms with Gasteiger partial charge >= 0.3 is 0 Å². The molecule has 0 N–H and O–H groups in total. The number of nitrogens with zero attached hydrogens (tertiary/aromatic N) is 2. The van der Waals surface area contributed by atoms with E-state index in [1.54, 1.807) is 0 Å². The summed E-state index contributed by atoms with van der Waals surface area (Å²) in [6.45, 7) is 14.2. The van der Waals surface area contributed by atoms with Gasteiger partial charge in [-0.05, 0) is 38.8 Å². The SMILES string of the molecule is CCCC[Si](C(C)CC)(N(C)C)N(CC)CC. The van der Waals surface area contributed by atoms with Crippen molar-refractivity contribution in [3.05, 3.63) is 0 Å². The van der Waals surface area contributed by atoms with E-state index in [2.05, 4.69) is 57.8 Å². The van der Waals surface area contributed by atoms with Crippen LogP contribution in [0.4, 0.5) is 0 Å². The Labute approximate surface area is 111 Å². The average molecular weight is 259 g/mol. The molecule has 0 aliphatic rings. The zero-order valence-electron chi connectivity index (χ0n) is 13.2. The fourth-order valence-corrected chi connectivity index (χ4v) is 9.15. The lowest BCUT2D eigenvalue weighted by Crippen LogP contribution is -2.65. The molecule has 0 heterocycles. The second kappa shape index (κ2) is 8.28. The Morgan fingerprint density at radius 2 is 1.53 bits per heavy atom. The summed E-state index contributed by atoms with van der Waals surface area (Å²) in [5.41, 5.74) is 0.851. The fourth-order valence-electron chi connectivity index (χ4n) is 3.20. The van der Waals surface area contributed by atoms with Gasteiger partial charge in [0, 0.05) is 0 Å². The van der Waals surface area contributed by atoms with Gasteiger partial charge in [0.25, 0.3) is 0 Å². The predicted molar refractivity (Wildman–Crippen MR) is 81.8 cm³/mol. The maximum absolute atomic E-state index is 2.79. The molecule has 0 aromatic heterocycles. The summed E-state index contributed by atoms with van der Waals surface area (Å²) in [6, 6.07) is 1.42. The lowest BCUT2D eigenvalue weighted by atomic mass is 10.4. The first-order valence-corrected chi connectivity index (χ1v) is 9.61. The first-order chi connectivity index (χ1) is 8.00. The molecule has 17 heavy (non-hydrogen) atoms. The highest BCUT2D eigenvalue weighted by molar-refractivity contribution is 6.75. The van der Waals surface area contributed by atoms with E-state index >= 15 is 0 Å². The molecule has 0 fully saturated rings. The zero-order chi connectivity index (χ0) is 13.5. The highest BCUT2D eigenvalue weighted by atomic mass is 28.3. The largest absolute Gasteiger partial charge is 0.317 e. The molecule has 2 atom stereocenters. The summed E-state index contributed by atoms with van der Waals surface area (Å²) in [6.07, 6.45) is 4.01. The van der Waals surface area contributed by atoms with Crippen LogP contribution in [0.15, 0.2) is 0 Å². The second-order valence-corrected chi connectivity index (χ2v) is 10.1. The molecule has 3 heteroatoms. The lowest BCUT2D eigenvalue weighted by Gasteiger charge is -2.49. The van der Waals surface area contributed by atoms with Gasteiger partial charge in [0.2, 0.25) is 8.40 Å². The van der Waals surface area contributed by atoms with Crippen LogP contribution >= 0.6 is 0 Å².